The summed E-state index contributed by atoms with van der Waals surface area (Å²) in [7, 11) is 0. The van der Waals surface area contributed by atoms with Crippen LogP contribution in [-0.4, -0.2) is 0 Å². The molecule has 0 saturated carbocycles. The Morgan fingerprint density at radius 3 is 2.24 bits per heavy atom. The van der Waals surface area contributed by atoms with Crippen LogP contribution in [0.25, 0.3) is 22.3 Å². The van der Waals surface area contributed by atoms with Crippen molar-refractivity contribution < 1.29 is 9.15 Å². The molecule has 3 nitrogen and oxygen atoms in total. The summed E-state index contributed by atoms with van der Waals surface area (Å²) in [6.45, 7) is 8.39. The molecule has 3 aromatic carbocycles. The Balaban J connectivity index is 1.86. The molecule has 0 bridgehead atoms. The van der Waals surface area contributed by atoms with Crippen LogP contribution in [0.3, 0.4) is 0 Å². The van der Waals surface area contributed by atoms with Crippen molar-refractivity contribution in [3.63, 3.8) is 0 Å². The van der Waals surface area contributed by atoms with Gasteiger partial charge in [0.05, 0.1) is 5.39 Å². The first-order chi connectivity index (χ1) is 15.5. The van der Waals surface area contributed by atoms with Crippen LogP contribution in [0.2, 0.25) is 15.1 Å². The minimum atomic E-state index is -0.293. The zero-order valence-corrected chi connectivity index (χ0v) is 21.0. The summed E-state index contributed by atoms with van der Waals surface area (Å²) >= 11 is 18.6. The van der Waals surface area contributed by atoms with Gasteiger partial charge in [-0.3, -0.25) is 4.79 Å². The molecule has 0 aliphatic carbocycles. The molecular weight excluding hydrogens is 479 g/mol. The summed E-state index contributed by atoms with van der Waals surface area (Å²) < 4.78 is 12.2. The lowest BCUT2D eigenvalue weighted by Crippen LogP contribution is -2.12. The lowest BCUT2D eigenvalue weighted by Gasteiger charge is -2.19. The van der Waals surface area contributed by atoms with E-state index >= 15 is 0 Å². The topological polar surface area (TPSA) is 39.4 Å². The highest BCUT2D eigenvalue weighted by atomic mass is 35.5. The SMILES string of the molecule is Cc1cc2oc(-c3ccc(C(C)(C)C)cc3)c(OCc3ccc(Cl)cc3Cl)c(=O)c2cc1Cl. The van der Waals surface area contributed by atoms with Crippen molar-refractivity contribution in [2.24, 2.45) is 0 Å². The predicted octanol–water partition coefficient (Wildman–Crippen LogP) is 8.61. The number of hydrogen-bond acceptors (Lipinski definition) is 3. The van der Waals surface area contributed by atoms with E-state index in [0.29, 0.717) is 37.4 Å². The van der Waals surface area contributed by atoms with Crippen molar-refractivity contribution >= 4 is 45.8 Å². The number of rotatable bonds is 4. The van der Waals surface area contributed by atoms with Crippen molar-refractivity contribution in [3.05, 3.63) is 96.6 Å². The van der Waals surface area contributed by atoms with Gasteiger partial charge in [0.2, 0.25) is 11.2 Å². The van der Waals surface area contributed by atoms with Crippen molar-refractivity contribution in [1.29, 1.82) is 0 Å². The van der Waals surface area contributed by atoms with Crippen LogP contribution in [0.4, 0.5) is 0 Å². The van der Waals surface area contributed by atoms with Crippen LogP contribution >= 0.6 is 34.8 Å². The van der Waals surface area contributed by atoms with Gasteiger partial charge in [0.25, 0.3) is 0 Å². The van der Waals surface area contributed by atoms with Gasteiger partial charge in [-0.2, -0.15) is 0 Å². The number of halogens is 3. The Labute approximate surface area is 207 Å². The molecule has 0 saturated heterocycles. The maximum Gasteiger partial charge on any atom is 0.235 e. The van der Waals surface area contributed by atoms with E-state index in [1.807, 2.05) is 31.2 Å². The van der Waals surface area contributed by atoms with Crippen LogP contribution in [0.1, 0.15) is 37.5 Å². The van der Waals surface area contributed by atoms with Gasteiger partial charge in [-0.25, -0.2) is 0 Å². The van der Waals surface area contributed by atoms with E-state index in [0.717, 1.165) is 11.1 Å². The fourth-order valence-corrected chi connectivity index (χ4v) is 4.16. The van der Waals surface area contributed by atoms with E-state index < -0.39 is 0 Å². The van der Waals surface area contributed by atoms with Crippen molar-refractivity contribution in [2.75, 3.05) is 0 Å². The second-order valence-electron chi connectivity index (χ2n) is 9.04. The van der Waals surface area contributed by atoms with Crippen LogP contribution in [0.15, 0.2) is 63.8 Å². The van der Waals surface area contributed by atoms with E-state index in [9.17, 15) is 4.79 Å². The van der Waals surface area contributed by atoms with Crippen molar-refractivity contribution in [2.45, 2.75) is 39.7 Å². The third kappa shape index (κ3) is 4.91. The van der Waals surface area contributed by atoms with Gasteiger partial charge in [0, 0.05) is 26.2 Å². The van der Waals surface area contributed by atoms with Crippen LogP contribution < -0.4 is 10.2 Å². The Bertz CT molecular complexity index is 1400. The average molecular weight is 502 g/mol. The molecule has 0 aliphatic heterocycles. The minimum absolute atomic E-state index is 0.00127. The second-order valence-corrected chi connectivity index (χ2v) is 10.3. The number of hydrogen-bond donors (Lipinski definition) is 0. The zero-order chi connectivity index (χ0) is 23.9. The van der Waals surface area contributed by atoms with E-state index in [-0.39, 0.29) is 23.2 Å². The molecule has 6 heteroatoms. The molecule has 4 rings (SSSR count). The minimum Gasteiger partial charge on any atom is -0.481 e. The van der Waals surface area contributed by atoms with Crippen LogP contribution in [0, 0.1) is 6.92 Å². The molecule has 1 aromatic heterocycles. The summed E-state index contributed by atoms with van der Waals surface area (Å²) in [6.07, 6.45) is 0. The molecule has 1 heterocycles. The molecule has 0 fully saturated rings. The fourth-order valence-electron chi connectivity index (χ4n) is 3.53. The van der Waals surface area contributed by atoms with Gasteiger partial charge < -0.3 is 9.15 Å². The number of fused-ring (bicyclic) bond motifs is 1. The molecule has 0 aliphatic rings. The first kappa shape index (κ1) is 23.7. The van der Waals surface area contributed by atoms with Gasteiger partial charge in [-0.15, -0.1) is 0 Å². The second kappa shape index (κ2) is 9.06. The lowest BCUT2D eigenvalue weighted by atomic mass is 9.86. The zero-order valence-electron chi connectivity index (χ0n) is 18.8. The highest BCUT2D eigenvalue weighted by Crippen LogP contribution is 2.35. The number of ether oxygens (including phenoxy) is 1. The molecule has 0 unspecified atom stereocenters. The Hall–Kier alpha value is -2.46. The molecule has 0 radical (unpaired) electrons. The maximum absolute atomic E-state index is 13.5. The van der Waals surface area contributed by atoms with E-state index in [1.165, 1.54) is 5.56 Å². The largest absolute Gasteiger partial charge is 0.481 e. The Morgan fingerprint density at radius 1 is 0.909 bits per heavy atom. The highest BCUT2D eigenvalue weighted by molar-refractivity contribution is 6.35. The third-order valence-corrected chi connectivity index (χ3v) is 6.52. The smallest absolute Gasteiger partial charge is 0.235 e. The molecule has 0 N–H and O–H groups in total. The quantitative estimate of drug-likeness (QED) is 0.281. The third-order valence-electron chi connectivity index (χ3n) is 5.53. The maximum atomic E-state index is 13.5. The summed E-state index contributed by atoms with van der Waals surface area (Å²) in [6, 6.07) is 16.5. The van der Waals surface area contributed by atoms with Crippen molar-refractivity contribution in [1.82, 2.24) is 0 Å². The molecule has 0 atom stereocenters. The van der Waals surface area contributed by atoms with Gasteiger partial charge in [-0.1, -0.05) is 85.9 Å². The lowest BCUT2D eigenvalue weighted by molar-refractivity contribution is 0.298. The van der Waals surface area contributed by atoms with Crippen molar-refractivity contribution in [3.8, 4) is 17.1 Å². The molecular formula is C27H23Cl3O3. The van der Waals surface area contributed by atoms with Gasteiger partial charge >= 0.3 is 0 Å². The normalized spacial score (nSPS) is 11.7. The van der Waals surface area contributed by atoms with Crippen LogP contribution in [-0.2, 0) is 12.0 Å². The fraction of sp³-hybridized carbons (Fsp3) is 0.222. The van der Waals surface area contributed by atoms with Gasteiger partial charge in [-0.05, 0) is 47.7 Å². The Morgan fingerprint density at radius 2 is 1.61 bits per heavy atom. The first-order valence-corrected chi connectivity index (χ1v) is 11.6. The molecule has 170 valence electrons. The number of aryl methyl sites for hydroxylation is 1. The van der Waals surface area contributed by atoms with Gasteiger partial charge in [0.15, 0.2) is 5.76 Å². The average Bonchev–Trinajstić information content (AvgIpc) is 2.75. The summed E-state index contributed by atoms with van der Waals surface area (Å²) in [5.41, 5.74) is 3.60. The summed E-state index contributed by atoms with van der Waals surface area (Å²) in [5, 5.41) is 1.84. The van der Waals surface area contributed by atoms with E-state index in [1.54, 1.807) is 30.3 Å². The standard InChI is InChI=1S/C27H23Cl3O3/c1-15-11-23-20(13-21(15)29)24(31)26(32-14-17-7-10-19(28)12-22(17)30)25(33-23)16-5-8-18(9-6-16)27(2,3)4/h5-13H,14H2,1-4H3. The molecule has 0 spiro atoms. The molecule has 33 heavy (non-hydrogen) atoms. The summed E-state index contributed by atoms with van der Waals surface area (Å²) in [4.78, 5) is 13.5. The molecule has 4 aromatic rings. The monoisotopic (exact) mass is 500 g/mol. The van der Waals surface area contributed by atoms with Crippen LogP contribution in [0.5, 0.6) is 5.75 Å². The van der Waals surface area contributed by atoms with E-state index in [4.69, 9.17) is 44.0 Å². The first-order valence-electron chi connectivity index (χ1n) is 10.5. The molecule has 0 amide bonds. The van der Waals surface area contributed by atoms with E-state index in [2.05, 4.69) is 20.8 Å². The van der Waals surface area contributed by atoms with Gasteiger partial charge in [0.1, 0.15) is 12.2 Å². The predicted molar refractivity (Wildman–Crippen MR) is 137 cm³/mol. The highest BCUT2D eigenvalue weighted by Gasteiger charge is 2.20. The Kier molecular flexibility index (Phi) is 6.50. The number of benzene rings is 3. The summed E-state index contributed by atoms with van der Waals surface area (Å²) in [5.74, 6) is 0.469.